The maximum Gasteiger partial charge on any atom is 0.271 e. The quantitative estimate of drug-likeness (QED) is 0.666. The lowest BCUT2D eigenvalue weighted by molar-refractivity contribution is -0.384. The van der Waals surface area contributed by atoms with Crippen LogP contribution < -0.4 is 5.32 Å². The number of benzene rings is 2. The van der Waals surface area contributed by atoms with E-state index in [4.69, 9.17) is 11.6 Å². The second-order valence-corrected chi connectivity index (χ2v) is 4.57. The van der Waals surface area contributed by atoms with Crippen LogP contribution in [0.15, 0.2) is 30.3 Å². The number of nitrogens with zero attached hydrogens (tertiary/aromatic N) is 1. The molecule has 0 saturated carbocycles. The van der Waals surface area contributed by atoms with Gasteiger partial charge in [0.2, 0.25) is 0 Å². The van der Waals surface area contributed by atoms with E-state index < -0.39 is 33.8 Å². The predicted octanol–water partition coefficient (Wildman–Crippen LogP) is 3.48. The van der Waals surface area contributed by atoms with Gasteiger partial charge in [0.25, 0.3) is 11.6 Å². The first-order chi connectivity index (χ1) is 10.3. The SMILES string of the molecule is O=C(Nc1ccc([N+](=O)[O-])cc1Cl)c1cc(F)c(F)cc1O. The number of non-ortho nitro benzene ring substituents is 1. The smallest absolute Gasteiger partial charge is 0.271 e. The summed E-state index contributed by atoms with van der Waals surface area (Å²) in [5, 5.41) is 22.1. The Hall–Kier alpha value is -2.74. The number of halogens is 3. The molecule has 0 fully saturated rings. The maximum absolute atomic E-state index is 13.1. The number of amides is 1. The summed E-state index contributed by atoms with van der Waals surface area (Å²) >= 11 is 5.79. The zero-order valence-electron chi connectivity index (χ0n) is 10.6. The van der Waals surface area contributed by atoms with E-state index in [1.807, 2.05) is 0 Å². The van der Waals surface area contributed by atoms with E-state index in [-0.39, 0.29) is 16.4 Å². The fourth-order valence-corrected chi connectivity index (χ4v) is 1.85. The Kier molecular flexibility index (Phi) is 4.22. The number of anilines is 1. The average Bonchev–Trinajstić information content (AvgIpc) is 2.44. The third-order valence-electron chi connectivity index (χ3n) is 2.69. The number of aromatic hydroxyl groups is 1. The van der Waals surface area contributed by atoms with E-state index in [0.29, 0.717) is 12.1 Å². The first-order valence-electron chi connectivity index (χ1n) is 5.73. The molecule has 114 valence electrons. The van der Waals surface area contributed by atoms with Gasteiger partial charge in [-0.2, -0.15) is 0 Å². The van der Waals surface area contributed by atoms with Crippen molar-refractivity contribution in [1.29, 1.82) is 0 Å². The van der Waals surface area contributed by atoms with Crippen molar-refractivity contribution in [2.45, 2.75) is 0 Å². The van der Waals surface area contributed by atoms with E-state index in [2.05, 4.69) is 5.32 Å². The highest BCUT2D eigenvalue weighted by Gasteiger charge is 2.17. The predicted molar refractivity (Wildman–Crippen MR) is 74.1 cm³/mol. The van der Waals surface area contributed by atoms with Gasteiger partial charge in [-0.15, -0.1) is 0 Å². The average molecular weight is 329 g/mol. The molecule has 0 spiro atoms. The summed E-state index contributed by atoms with van der Waals surface area (Å²) in [5.74, 6) is -4.32. The summed E-state index contributed by atoms with van der Waals surface area (Å²) in [7, 11) is 0. The van der Waals surface area contributed by atoms with Crippen molar-refractivity contribution >= 4 is 28.9 Å². The van der Waals surface area contributed by atoms with Crippen molar-refractivity contribution in [2.75, 3.05) is 5.32 Å². The minimum absolute atomic E-state index is 0.0152. The largest absolute Gasteiger partial charge is 0.507 e. The molecule has 1 amide bonds. The summed E-state index contributed by atoms with van der Waals surface area (Å²) < 4.78 is 26.0. The van der Waals surface area contributed by atoms with Crippen LogP contribution in [0, 0.1) is 21.7 Å². The molecule has 2 aromatic carbocycles. The molecule has 0 atom stereocenters. The van der Waals surface area contributed by atoms with Crippen molar-refractivity contribution < 1.29 is 23.6 Å². The molecule has 0 heterocycles. The van der Waals surface area contributed by atoms with Crippen molar-refractivity contribution in [3.63, 3.8) is 0 Å². The number of phenols is 1. The fourth-order valence-electron chi connectivity index (χ4n) is 1.63. The Morgan fingerprint density at radius 2 is 1.86 bits per heavy atom. The van der Waals surface area contributed by atoms with Gasteiger partial charge in [0.1, 0.15) is 5.75 Å². The van der Waals surface area contributed by atoms with Crippen molar-refractivity contribution in [1.82, 2.24) is 0 Å². The molecule has 0 aliphatic carbocycles. The third kappa shape index (κ3) is 3.12. The second-order valence-electron chi connectivity index (χ2n) is 4.16. The normalized spacial score (nSPS) is 10.3. The molecule has 22 heavy (non-hydrogen) atoms. The lowest BCUT2D eigenvalue weighted by Gasteiger charge is -2.08. The topological polar surface area (TPSA) is 92.5 Å². The number of phenolic OH excluding ortho intramolecular Hbond substituents is 1. The third-order valence-corrected chi connectivity index (χ3v) is 3.01. The summed E-state index contributed by atoms with van der Waals surface area (Å²) in [6.07, 6.45) is 0. The van der Waals surface area contributed by atoms with Gasteiger partial charge >= 0.3 is 0 Å². The first-order valence-corrected chi connectivity index (χ1v) is 6.10. The molecule has 0 aliphatic heterocycles. The molecule has 0 aromatic heterocycles. The molecular weight excluding hydrogens is 322 g/mol. The van der Waals surface area contributed by atoms with Crippen LogP contribution in [0.1, 0.15) is 10.4 Å². The van der Waals surface area contributed by atoms with Gasteiger partial charge in [0.15, 0.2) is 11.6 Å². The Balaban J connectivity index is 2.30. The zero-order chi connectivity index (χ0) is 16.4. The Morgan fingerprint density at radius 1 is 1.23 bits per heavy atom. The fraction of sp³-hybridized carbons (Fsp3) is 0. The number of nitro benzene ring substituents is 1. The Bertz CT molecular complexity index is 783. The summed E-state index contributed by atoms with van der Waals surface area (Å²) in [5.41, 5.74) is -0.770. The van der Waals surface area contributed by atoms with Crippen LogP contribution in [0.4, 0.5) is 20.2 Å². The van der Waals surface area contributed by atoms with Gasteiger partial charge in [-0.25, -0.2) is 8.78 Å². The van der Waals surface area contributed by atoms with Gasteiger partial charge < -0.3 is 10.4 Å². The minimum atomic E-state index is -1.31. The molecule has 2 aromatic rings. The summed E-state index contributed by atoms with van der Waals surface area (Å²) in [6, 6.07) is 4.28. The zero-order valence-corrected chi connectivity index (χ0v) is 11.4. The highest BCUT2D eigenvalue weighted by atomic mass is 35.5. The Morgan fingerprint density at radius 3 is 2.45 bits per heavy atom. The van der Waals surface area contributed by atoms with Gasteiger partial charge in [0, 0.05) is 18.2 Å². The number of carbonyl (C=O) groups excluding carboxylic acids is 1. The Labute approximate surface area is 127 Å². The van der Waals surface area contributed by atoms with Crippen LogP contribution in [-0.2, 0) is 0 Å². The van der Waals surface area contributed by atoms with E-state index in [1.54, 1.807) is 0 Å². The lowest BCUT2D eigenvalue weighted by atomic mass is 10.1. The van der Waals surface area contributed by atoms with Crippen LogP contribution in [0.3, 0.4) is 0 Å². The van der Waals surface area contributed by atoms with Crippen molar-refractivity contribution in [2.24, 2.45) is 0 Å². The van der Waals surface area contributed by atoms with E-state index in [1.165, 1.54) is 6.07 Å². The highest BCUT2D eigenvalue weighted by molar-refractivity contribution is 6.34. The first kappa shape index (κ1) is 15.6. The molecule has 0 aliphatic rings. The number of carbonyl (C=O) groups is 1. The van der Waals surface area contributed by atoms with E-state index >= 15 is 0 Å². The summed E-state index contributed by atoms with van der Waals surface area (Å²) in [4.78, 5) is 21.8. The molecule has 6 nitrogen and oxygen atoms in total. The van der Waals surface area contributed by atoms with Crippen molar-refractivity contribution in [3.8, 4) is 5.75 Å². The number of nitrogens with one attached hydrogen (secondary N) is 1. The lowest BCUT2D eigenvalue weighted by Crippen LogP contribution is -2.13. The number of hydrogen-bond donors (Lipinski definition) is 2. The molecule has 0 bridgehead atoms. The molecule has 0 radical (unpaired) electrons. The molecule has 9 heteroatoms. The molecular formula is C13H7ClF2N2O4. The van der Waals surface area contributed by atoms with E-state index in [9.17, 15) is 28.8 Å². The standard InChI is InChI=1S/C13H7ClF2N2O4/c14-8-3-6(18(21)22)1-2-11(8)17-13(20)7-4-9(15)10(16)5-12(7)19/h1-5,19H,(H,17,20). The van der Waals surface area contributed by atoms with Crippen LogP contribution in [0.5, 0.6) is 5.75 Å². The molecule has 2 N–H and O–H groups in total. The summed E-state index contributed by atoms with van der Waals surface area (Å²) in [6.45, 7) is 0. The van der Waals surface area contributed by atoms with Gasteiger partial charge in [-0.3, -0.25) is 14.9 Å². The minimum Gasteiger partial charge on any atom is -0.507 e. The number of rotatable bonds is 3. The molecule has 0 unspecified atom stereocenters. The van der Waals surface area contributed by atoms with Crippen LogP contribution in [0.25, 0.3) is 0 Å². The van der Waals surface area contributed by atoms with Crippen LogP contribution in [0.2, 0.25) is 5.02 Å². The van der Waals surface area contributed by atoms with E-state index in [0.717, 1.165) is 12.1 Å². The van der Waals surface area contributed by atoms with Crippen LogP contribution in [-0.4, -0.2) is 15.9 Å². The van der Waals surface area contributed by atoms with Gasteiger partial charge in [0.05, 0.1) is 21.2 Å². The van der Waals surface area contributed by atoms with Crippen LogP contribution >= 0.6 is 11.6 Å². The second kappa shape index (κ2) is 5.94. The highest BCUT2D eigenvalue weighted by Crippen LogP contribution is 2.28. The van der Waals surface area contributed by atoms with Gasteiger partial charge in [-0.05, 0) is 12.1 Å². The molecule has 0 saturated heterocycles. The van der Waals surface area contributed by atoms with Gasteiger partial charge in [-0.1, -0.05) is 11.6 Å². The maximum atomic E-state index is 13.1. The monoisotopic (exact) mass is 328 g/mol. The molecule has 2 rings (SSSR count). The number of hydrogen-bond acceptors (Lipinski definition) is 4. The van der Waals surface area contributed by atoms with Crippen molar-refractivity contribution in [3.05, 3.63) is 62.7 Å². The number of nitro groups is 1.